The highest BCUT2D eigenvalue weighted by Crippen LogP contribution is 2.49. The summed E-state index contributed by atoms with van der Waals surface area (Å²) in [6.45, 7) is 6.90. The van der Waals surface area contributed by atoms with E-state index in [0.29, 0.717) is 24.6 Å². The maximum Gasteiger partial charge on any atom is 0.214 e. The predicted octanol–water partition coefficient (Wildman–Crippen LogP) is 8.04. The first-order valence-electron chi connectivity index (χ1n) is 15.3. The minimum absolute atomic E-state index is 0.107. The standard InChI is InChI=1S/C36H36N4O3S/c1-35(2,3)31-21-27(39-43-31)20-28(41)19-25-9-11-26(12-10-25)29-22-40-30-13-14-32(38-33(30)44-34(40)37-29)42-23-36(17-18-36)16-15-24-7-5-4-6-8-24/h4-14,21-22H,15-20,23H2,1-3H3. The summed E-state index contributed by atoms with van der Waals surface area (Å²) in [6, 6.07) is 24.7. The van der Waals surface area contributed by atoms with Gasteiger partial charge in [0.1, 0.15) is 16.4 Å². The number of pyridine rings is 1. The molecule has 4 heterocycles. The molecule has 0 amide bonds. The van der Waals surface area contributed by atoms with E-state index in [1.165, 1.54) is 18.4 Å². The van der Waals surface area contributed by atoms with Crippen molar-refractivity contribution in [1.82, 2.24) is 19.5 Å². The van der Waals surface area contributed by atoms with Crippen molar-refractivity contribution in [2.75, 3.05) is 6.61 Å². The number of benzene rings is 2. The fourth-order valence-electron chi connectivity index (χ4n) is 5.55. The molecule has 8 heteroatoms. The molecule has 0 radical (unpaired) electrons. The summed E-state index contributed by atoms with van der Waals surface area (Å²) < 4.78 is 13.7. The largest absolute Gasteiger partial charge is 0.477 e. The molecule has 0 unspecified atom stereocenters. The number of aryl methyl sites for hydroxylation is 1. The average molecular weight is 605 g/mol. The summed E-state index contributed by atoms with van der Waals surface area (Å²) in [7, 11) is 0. The third kappa shape index (κ3) is 6.17. The second-order valence-electron chi connectivity index (χ2n) is 13.2. The van der Waals surface area contributed by atoms with E-state index in [-0.39, 0.29) is 23.0 Å². The van der Waals surface area contributed by atoms with E-state index in [2.05, 4.69) is 72.9 Å². The van der Waals surface area contributed by atoms with Gasteiger partial charge in [-0.05, 0) is 42.9 Å². The van der Waals surface area contributed by atoms with Crippen molar-refractivity contribution in [3.05, 3.63) is 102 Å². The van der Waals surface area contributed by atoms with Crippen molar-refractivity contribution in [2.24, 2.45) is 5.41 Å². The Morgan fingerprint density at radius 1 is 0.977 bits per heavy atom. The number of thiazole rings is 1. The maximum atomic E-state index is 12.7. The molecule has 7 nitrogen and oxygen atoms in total. The second-order valence-corrected chi connectivity index (χ2v) is 14.1. The molecule has 1 saturated carbocycles. The van der Waals surface area contributed by atoms with Gasteiger partial charge in [0.2, 0.25) is 5.88 Å². The number of aromatic nitrogens is 4. The topological polar surface area (TPSA) is 82.5 Å². The zero-order valence-electron chi connectivity index (χ0n) is 25.4. The van der Waals surface area contributed by atoms with Gasteiger partial charge in [0, 0.05) is 41.1 Å². The third-order valence-electron chi connectivity index (χ3n) is 8.53. The molecule has 0 aliphatic heterocycles. The number of rotatable bonds is 11. The Labute approximate surface area is 260 Å². The molecule has 0 atom stereocenters. The number of carbonyl (C=O) groups excluding carboxylic acids is 1. The van der Waals surface area contributed by atoms with Crippen molar-refractivity contribution in [3.63, 3.8) is 0 Å². The van der Waals surface area contributed by atoms with Gasteiger partial charge in [0.05, 0.1) is 29.9 Å². The van der Waals surface area contributed by atoms with Gasteiger partial charge in [-0.1, -0.05) is 91.9 Å². The van der Waals surface area contributed by atoms with Gasteiger partial charge in [-0.2, -0.15) is 0 Å². The van der Waals surface area contributed by atoms with E-state index in [0.717, 1.165) is 50.7 Å². The molecule has 0 bridgehead atoms. The zero-order valence-corrected chi connectivity index (χ0v) is 26.2. The molecule has 1 aliphatic rings. The molecule has 0 N–H and O–H groups in total. The molecular formula is C36H36N4O3S. The van der Waals surface area contributed by atoms with Crippen molar-refractivity contribution >= 4 is 32.4 Å². The van der Waals surface area contributed by atoms with Crippen LogP contribution >= 0.6 is 11.3 Å². The quantitative estimate of drug-likeness (QED) is 0.149. The number of hydrogen-bond acceptors (Lipinski definition) is 7. The van der Waals surface area contributed by atoms with Crippen LogP contribution in [0.2, 0.25) is 0 Å². The minimum Gasteiger partial charge on any atom is -0.477 e. The van der Waals surface area contributed by atoms with Crippen LogP contribution in [-0.2, 0) is 29.5 Å². The highest BCUT2D eigenvalue weighted by Gasteiger charge is 2.43. The Morgan fingerprint density at radius 3 is 2.50 bits per heavy atom. The number of hydrogen-bond donors (Lipinski definition) is 0. The fourth-order valence-corrected chi connectivity index (χ4v) is 6.52. The van der Waals surface area contributed by atoms with Gasteiger partial charge in [0.25, 0.3) is 0 Å². The normalized spacial score (nSPS) is 14.3. The van der Waals surface area contributed by atoms with Crippen LogP contribution in [0.15, 0.2) is 83.5 Å². The Morgan fingerprint density at radius 2 is 1.77 bits per heavy atom. The zero-order chi connectivity index (χ0) is 30.3. The lowest BCUT2D eigenvalue weighted by atomic mass is 9.93. The number of ether oxygens (including phenoxy) is 1. The Hall–Kier alpha value is -4.30. The average Bonchev–Trinajstić information content (AvgIpc) is 3.28. The van der Waals surface area contributed by atoms with E-state index in [9.17, 15) is 4.79 Å². The molecule has 1 aliphatic carbocycles. The van der Waals surface area contributed by atoms with Crippen molar-refractivity contribution in [3.8, 4) is 17.1 Å². The lowest BCUT2D eigenvalue weighted by Gasteiger charge is -2.15. The minimum atomic E-state index is -0.131. The lowest BCUT2D eigenvalue weighted by Crippen LogP contribution is -2.14. The van der Waals surface area contributed by atoms with Gasteiger partial charge >= 0.3 is 0 Å². The summed E-state index contributed by atoms with van der Waals surface area (Å²) in [5.41, 5.74) is 6.11. The smallest absolute Gasteiger partial charge is 0.214 e. The van der Waals surface area contributed by atoms with Crippen molar-refractivity contribution in [1.29, 1.82) is 0 Å². The molecule has 7 rings (SSSR count). The number of ketones is 1. The van der Waals surface area contributed by atoms with Crippen LogP contribution in [0.5, 0.6) is 5.88 Å². The molecule has 44 heavy (non-hydrogen) atoms. The summed E-state index contributed by atoms with van der Waals surface area (Å²) in [5, 5.41) is 4.08. The number of nitrogens with zero attached hydrogens (tertiary/aromatic N) is 4. The van der Waals surface area contributed by atoms with Gasteiger partial charge in [-0.25, -0.2) is 9.97 Å². The van der Waals surface area contributed by atoms with Crippen LogP contribution in [0, 0.1) is 5.41 Å². The first-order valence-corrected chi connectivity index (χ1v) is 16.1. The lowest BCUT2D eigenvalue weighted by molar-refractivity contribution is -0.117. The summed E-state index contributed by atoms with van der Waals surface area (Å²) in [6.07, 6.45) is 7.34. The van der Waals surface area contributed by atoms with E-state index in [4.69, 9.17) is 19.2 Å². The highest BCUT2D eigenvalue weighted by molar-refractivity contribution is 7.23. The summed E-state index contributed by atoms with van der Waals surface area (Å²) in [5.74, 6) is 1.57. The van der Waals surface area contributed by atoms with Gasteiger partial charge in [0.15, 0.2) is 4.96 Å². The third-order valence-corrected chi connectivity index (χ3v) is 9.50. The van der Waals surface area contributed by atoms with E-state index in [1.807, 2.05) is 36.4 Å². The molecular weight excluding hydrogens is 568 g/mol. The summed E-state index contributed by atoms with van der Waals surface area (Å²) >= 11 is 1.57. The molecule has 224 valence electrons. The van der Waals surface area contributed by atoms with Gasteiger partial charge in [-0.15, -0.1) is 0 Å². The van der Waals surface area contributed by atoms with Crippen LogP contribution in [0.3, 0.4) is 0 Å². The van der Waals surface area contributed by atoms with Crippen LogP contribution < -0.4 is 4.74 Å². The van der Waals surface area contributed by atoms with Crippen LogP contribution in [0.25, 0.3) is 26.6 Å². The van der Waals surface area contributed by atoms with Crippen LogP contribution in [0.4, 0.5) is 0 Å². The number of fused-ring (bicyclic) bond motifs is 3. The van der Waals surface area contributed by atoms with E-state index in [1.54, 1.807) is 11.3 Å². The van der Waals surface area contributed by atoms with Crippen molar-refractivity contribution in [2.45, 2.75) is 64.7 Å². The molecule has 6 aromatic rings. The van der Waals surface area contributed by atoms with Gasteiger partial charge in [-0.3, -0.25) is 9.20 Å². The number of imidazole rings is 1. The Bertz CT molecular complexity index is 1930. The van der Waals surface area contributed by atoms with E-state index < -0.39 is 0 Å². The first kappa shape index (κ1) is 28.5. The van der Waals surface area contributed by atoms with E-state index >= 15 is 0 Å². The first-order chi connectivity index (χ1) is 21.2. The van der Waals surface area contributed by atoms with Crippen LogP contribution in [-0.4, -0.2) is 31.9 Å². The Balaban J connectivity index is 0.974. The molecule has 2 aromatic carbocycles. The molecule has 0 saturated heterocycles. The monoisotopic (exact) mass is 604 g/mol. The highest BCUT2D eigenvalue weighted by atomic mass is 32.1. The van der Waals surface area contributed by atoms with Crippen LogP contribution in [0.1, 0.15) is 62.6 Å². The molecule has 0 spiro atoms. The van der Waals surface area contributed by atoms with Crippen molar-refractivity contribution < 1.29 is 14.1 Å². The van der Waals surface area contributed by atoms with Gasteiger partial charge < -0.3 is 9.26 Å². The fraction of sp³-hybridized carbons (Fsp3) is 0.333. The molecule has 1 fully saturated rings. The second kappa shape index (κ2) is 11.3. The maximum absolute atomic E-state index is 12.7. The Kier molecular flexibility index (Phi) is 7.33. The molecule has 4 aromatic heterocycles. The predicted molar refractivity (Wildman–Crippen MR) is 173 cm³/mol. The number of Topliss-reactive ketones (excluding diaryl/α,β-unsaturated/α-hetero) is 1. The summed E-state index contributed by atoms with van der Waals surface area (Å²) in [4.78, 5) is 24.2. The number of carbonyl (C=O) groups is 1. The SMILES string of the molecule is CC(C)(C)c1cc(CC(=O)Cc2ccc(-c3cn4c(n3)sc3nc(OCC5(CCc6ccccc6)CC5)ccc34)cc2)no1.